The maximum absolute atomic E-state index is 13.6. The Morgan fingerprint density at radius 1 is 1.00 bits per heavy atom. The second-order valence-corrected chi connectivity index (χ2v) is 8.78. The van der Waals surface area contributed by atoms with Crippen LogP contribution in [0, 0.1) is 6.92 Å². The number of para-hydroxylation sites is 1. The molecule has 1 fully saturated rings. The van der Waals surface area contributed by atoms with E-state index in [4.69, 9.17) is 9.47 Å². The smallest absolute Gasteiger partial charge is 0.295 e. The van der Waals surface area contributed by atoms with E-state index in [-0.39, 0.29) is 16.7 Å². The van der Waals surface area contributed by atoms with Crippen LogP contribution >= 0.6 is 11.8 Å². The lowest BCUT2D eigenvalue weighted by molar-refractivity contribution is -0.117. The molecule has 162 valence electrons. The van der Waals surface area contributed by atoms with Crippen LogP contribution in [0.1, 0.15) is 23.6 Å². The standard InChI is InChI=1S/C23H25N3O4S/c1-14-20(22(28)26(24(14)3)16-9-7-6-8-10-16)25-21(27)15(2)31-23(25)18-13-17(29-4)11-12-19(18)30-5/h6-13,15,23H,1-5H3/t15-,23-/m1/s1. The number of nitrogens with zero attached hydrogens (tertiary/aromatic N) is 3. The number of rotatable bonds is 5. The number of methoxy groups -OCH3 is 2. The van der Waals surface area contributed by atoms with Gasteiger partial charge in [-0.2, -0.15) is 0 Å². The number of carbonyl (C=O) groups is 1. The van der Waals surface area contributed by atoms with Gasteiger partial charge in [0.25, 0.3) is 5.56 Å². The summed E-state index contributed by atoms with van der Waals surface area (Å²) in [5.74, 6) is 1.20. The van der Waals surface area contributed by atoms with Gasteiger partial charge in [-0.3, -0.25) is 19.2 Å². The van der Waals surface area contributed by atoms with Crippen molar-refractivity contribution in [3.63, 3.8) is 0 Å². The Hall–Kier alpha value is -3.13. The largest absolute Gasteiger partial charge is 0.497 e. The summed E-state index contributed by atoms with van der Waals surface area (Å²) in [6, 6.07) is 14.9. The number of benzene rings is 2. The number of anilines is 1. The molecule has 1 saturated heterocycles. The number of carbonyl (C=O) groups excluding carboxylic acids is 1. The Morgan fingerprint density at radius 3 is 2.35 bits per heavy atom. The molecule has 0 unspecified atom stereocenters. The van der Waals surface area contributed by atoms with E-state index in [9.17, 15) is 9.59 Å². The van der Waals surface area contributed by atoms with Crippen molar-refractivity contribution >= 4 is 23.4 Å². The average molecular weight is 440 g/mol. The van der Waals surface area contributed by atoms with Crippen LogP contribution in [0.3, 0.4) is 0 Å². The van der Waals surface area contributed by atoms with Crippen molar-refractivity contribution in [1.29, 1.82) is 0 Å². The molecule has 2 atom stereocenters. The molecule has 1 aromatic heterocycles. The first-order valence-electron chi connectivity index (χ1n) is 9.93. The van der Waals surface area contributed by atoms with Crippen LogP contribution in [-0.2, 0) is 11.8 Å². The molecule has 31 heavy (non-hydrogen) atoms. The lowest BCUT2D eigenvalue weighted by Crippen LogP contribution is -2.34. The van der Waals surface area contributed by atoms with Gasteiger partial charge in [-0.05, 0) is 44.2 Å². The van der Waals surface area contributed by atoms with Gasteiger partial charge in [0.2, 0.25) is 5.91 Å². The summed E-state index contributed by atoms with van der Waals surface area (Å²) in [5, 5.41) is -0.712. The fourth-order valence-corrected chi connectivity index (χ4v) is 5.21. The Morgan fingerprint density at radius 2 is 1.71 bits per heavy atom. The number of hydrogen-bond acceptors (Lipinski definition) is 5. The van der Waals surface area contributed by atoms with Crippen molar-refractivity contribution in [3.8, 4) is 17.2 Å². The first-order valence-corrected chi connectivity index (χ1v) is 10.9. The van der Waals surface area contributed by atoms with Crippen LogP contribution in [0.25, 0.3) is 5.69 Å². The predicted octanol–water partition coefficient (Wildman–Crippen LogP) is 3.67. The summed E-state index contributed by atoms with van der Waals surface area (Å²) in [4.78, 5) is 28.5. The quantitative estimate of drug-likeness (QED) is 0.607. The molecular weight excluding hydrogens is 414 g/mol. The van der Waals surface area contributed by atoms with Gasteiger partial charge < -0.3 is 9.47 Å². The van der Waals surface area contributed by atoms with Crippen LogP contribution in [0.5, 0.6) is 11.5 Å². The van der Waals surface area contributed by atoms with E-state index in [0.29, 0.717) is 22.9 Å². The van der Waals surface area contributed by atoms with Crippen molar-refractivity contribution in [2.24, 2.45) is 7.05 Å². The summed E-state index contributed by atoms with van der Waals surface area (Å²) in [7, 11) is 5.01. The molecule has 0 aliphatic carbocycles. The maximum atomic E-state index is 13.6. The Kier molecular flexibility index (Phi) is 5.58. The molecule has 1 amide bonds. The van der Waals surface area contributed by atoms with Crippen molar-refractivity contribution < 1.29 is 14.3 Å². The molecular formula is C23H25N3O4S. The minimum atomic E-state index is -0.412. The van der Waals surface area contributed by atoms with E-state index in [0.717, 1.165) is 11.3 Å². The minimum absolute atomic E-state index is 0.106. The van der Waals surface area contributed by atoms with Gasteiger partial charge in [0.05, 0.1) is 30.9 Å². The van der Waals surface area contributed by atoms with E-state index in [2.05, 4.69) is 0 Å². The molecule has 1 aliphatic heterocycles. The third kappa shape index (κ3) is 3.40. The van der Waals surface area contributed by atoms with E-state index in [1.54, 1.807) is 28.5 Å². The molecule has 0 bridgehead atoms. The van der Waals surface area contributed by atoms with Gasteiger partial charge >= 0.3 is 0 Å². The summed E-state index contributed by atoms with van der Waals surface area (Å²) in [6.45, 7) is 3.72. The zero-order valence-electron chi connectivity index (χ0n) is 18.2. The van der Waals surface area contributed by atoms with Crippen LogP contribution in [-0.4, -0.2) is 34.7 Å². The molecule has 0 radical (unpaired) electrons. The average Bonchev–Trinajstić information content (AvgIpc) is 3.19. The highest BCUT2D eigenvalue weighted by Gasteiger charge is 2.43. The molecule has 8 heteroatoms. The highest BCUT2D eigenvalue weighted by Crippen LogP contribution is 2.48. The second kappa shape index (κ2) is 8.19. The fourth-order valence-electron chi connectivity index (χ4n) is 3.93. The molecule has 4 rings (SSSR count). The molecule has 7 nitrogen and oxygen atoms in total. The number of amides is 1. The van der Waals surface area contributed by atoms with Gasteiger partial charge in [-0.25, -0.2) is 4.68 Å². The molecule has 3 aromatic rings. The minimum Gasteiger partial charge on any atom is -0.497 e. The summed E-state index contributed by atoms with van der Waals surface area (Å²) >= 11 is 1.49. The van der Waals surface area contributed by atoms with Crippen molar-refractivity contribution in [3.05, 3.63) is 70.1 Å². The van der Waals surface area contributed by atoms with Gasteiger partial charge in [-0.1, -0.05) is 18.2 Å². The zero-order chi connectivity index (χ0) is 22.3. The Labute approximate surface area is 185 Å². The first kappa shape index (κ1) is 21.1. The van der Waals surface area contributed by atoms with Crippen molar-refractivity contribution in [2.45, 2.75) is 24.5 Å². The first-order chi connectivity index (χ1) is 14.9. The van der Waals surface area contributed by atoms with Gasteiger partial charge in [0, 0.05) is 12.6 Å². The van der Waals surface area contributed by atoms with Gasteiger partial charge in [0.15, 0.2) is 0 Å². The molecule has 0 N–H and O–H groups in total. The lowest BCUT2D eigenvalue weighted by atomic mass is 10.1. The third-order valence-electron chi connectivity index (χ3n) is 5.62. The van der Waals surface area contributed by atoms with Crippen LogP contribution in [0.2, 0.25) is 0 Å². The van der Waals surface area contributed by atoms with E-state index in [1.165, 1.54) is 11.8 Å². The van der Waals surface area contributed by atoms with Gasteiger partial charge in [-0.15, -0.1) is 11.8 Å². The van der Waals surface area contributed by atoms with Gasteiger partial charge in [0.1, 0.15) is 22.6 Å². The SMILES string of the molecule is COc1ccc(OC)c([C@H]2S[C@H](C)C(=O)N2c2c(C)n(C)n(-c3ccccc3)c2=O)c1. The van der Waals surface area contributed by atoms with E-state index < -0.39 is 5.37 Å². The predicted molar refractivity (Wildman–Crippen MR) is 123 cm³/mol. The highest BCUT2D eigenvalue weighted by atomic mass is 32.2. The normalized spacial score (nSPS) is 18.5. The summed E-state index contributed by atoms with van der Waals surface area (Å²) in [6.07, 6.45) is 0. The molecule has 0 saturated carbocycles. The number of aromatic nitrogens is 2. The number of thioether (sulfide) groups is 1. The van der Waals surface area contributed by atoms with Crippen molar-refractivity contribution in [2.75, 3.05) is 19.1 Å². The molecule has 1 aliphatic rings. The van der Waals surface area contributed by atoms with Crippen LogP contribution in [0.15, 0.2) is 53.3 Å². The van der Waals surface area contributed by atoms with E-state index in [1.807, 2.05) is 69.4 Å². The third-order valence-corrected chi connectivity index (χ3v) is 6.95. The summed E-state index contributed by atoms with van der Waals surface area (Å²) in [5.41, 5.74) is 2.39. The fraction of sp³-hybridized carbons (Fsp3) is 0.304. The van der Waals surface area contributed by atoms with Crippen LogP contribution < -0.4 is 19.9 Å². The monoisotopic (exact) mass is 439 g/mol. The van der Waals surface area contributed by atoms with E-state index >= 15 is 0 Å². The maximum Gasteiger partial charge on any atom is 0.295 e. The number of ether oxygens (including phenoxy) is 2. The molecule has 2 heterocycles. The zero-order valence-corrected chi connectivity index (χ0v) is 19.0. The highest BCUT2D eigenvalue weighted by molar-refractivity contribution is 8.01. The summed E-state index contributed by atoms with van der Waals surface area (Å²) < 4.78 is 14.3. The van der Waals surface area contributed by atoms with Crippen molar-refractivity contribution in [1.82, 2.24) is 9.36 Å². The lowest BCUT2D eigenvalue weighted by Gasteiger charge is -2.25. The number of hydrogen-bond donors (Lipinski definition) is 0. The second-order valence-electron chi connectivity index (χ2n) is 7.36. The topological polar surface area (TPSA) is 65.7 Å². The Bertz CT molecular complexity index is 1190. The molecule has 2 aromatic carbocycles. The van der Waals surface area contributed by atoms with Crippen LogP contribution in [0.4, 0.5) is 5.69 Å². The Balaban J connectivity index is 1.91. The molecule has 0 spiro atoms.